The molecular formula is C20H20FNO4. The molecule has 0 spiro atoms. The average Bonchev–Trinajstić information content (AvgIpc) is 3.44. The lowest BCUT2D eigenvalue weighted by Gasteiger charge is -2.12. The molecule has 5 nitrogen and oxygen atoms in total. The molecule has 1 unspecified atom stereocenters. The molecule has 1 saturated carbocycles. The van der Waals surface area contributed by atoms with E-state index >= 15 is 0 Å². The third-order valence-corrected chi connectivity index (χ3v) is 4.30. The zero-order valence-corrected chi connectivity index (χ0v) is 14.6. The van der Waals surface area contributed by atoms with Crippen molar-refractivity contribution >= 4 is 12.1 Å². The van der Waals surface area contributed by atoms with Gasteiger partial charge in [-0.3, -0.25) is 4.79 Å². The van der Waals surface area contributed by atoms with Crippen molar-refractivity contribution in [2.24, 2.45) is 0 Å². The van der Waals surface area contributed by atoms with Crippen molar-refractivity contribution in [1.29, 1.82) is 0 Å². The van der Waals surface area contributed by atoms with E-state index in [1.165, 1.54) is 13.2 Å². The Morgan fingerprint density at radius 2 is 1.96 bits per heavy atom. The molecule has 2 aromatic rings. The molecule has 0 radical (unpaired) electrons. The normalized spacial score (nSPS) is 14.4. The first kappa shape index (κ1) is 17.9. The highest BCUT2D eigenvalue weighted by molar-refractivity contribution is 5.78. The molecule has 1 aliphatic rings. The topological polar surface area (TPSA) is 64.6 Å². The number of amides is 1. The average molecular weight is 357 g/mol. The second kappa shape index (κ2) is 7.56. The van der Waals surface area contributed by atoms with Crippen LogP contribution in [0, 0.1) is 5.82 Å². The predicted molar refractivity (Wildman–Crippen MR) is 94.4 cm³/mol. The van der Waals surface area contributed by atoms with Crippen molar-refractivity contribution in [2.75, 3.05) is 7.11 Å². The number of hydrogen-bond donors (Lipinski definition) is 1. The van der Waals surface area contributed by atoms with E-state index in [4.69, 9.17) is 4.74 Å². The first-order valence-electron chi connectivity index (χ1n) is 8.44. The van der Waals surface area contributed by atoms with Gasteiger partial charge in [0.2, 0.25) is 0 Å². The Balaban J connectivity index is 1.79. The number of rotatable bonds is 5. The van der Waals surface area contributed by atoms with Crippen molar-refractivity contribution in [2.45, 2.75) is 31.7 Å². The number of halogens is 1. The standard InChI is InChI=1S/C20H20FNO4/c1-12(19(23)25-2)13-6-9-17(18(21)11-13)14-4-3-5-16(10-14)26-20(24)22-15-7-8-15/h3-6,9-12,15H,7-8H2,1-2H3,(H,22,24). The van der Waals surface area contributed by atoms with Crippen LogP contribution in [0.25, 0.3) is 11.1 Å². The Kier molecular flexibility index (Phi) is 5.21. The molecule has 136 valence electrons. The first-order chi connectivity index (χ1) is 12.5. The number of hydrogen-bond acceptors (Lipinski definition) is 4. The Morgan fingerprint density at radius 1 is 1.19 bits per heavy atom. The van der Waals surface area contributed by atoms with Crippen LogP contribution in [0.4, 0.5) is 9.18 Å². The quantitative estimate of drug-likeness (QED) is 0.821. The third kappa shape index (κ3) is 4.20. The summed E-state index contributed by atoms with van der Waals surface area (Å²) in [6.07, 6.45) is 1.43. The highest BCUT2D eigenvalue weighted by atomic mass is 19.1. The predicted octanol–water partition coefficient (Wildman–Crippen LogP) is 4.02. The Bertz CT molecular complexity index is 832. The molecule has 0 heterocycles. The number of ether oxygens (including phenoxy) is 2. The fraction of sp³-hybridized carbons (Fsp3) is 0.300. The lowest BCUT2D eigenvalue weighted by Crippen LogP contribution is -2.28. The fourth-order valence-electron chi connectivity index (χ4n) is 2.61. The summed E-state index contributed by atoms with van der Waals surface area (Å²) in [7, 11) is 1.30. The molecular weight excluding hydrogens is 337 g/mol. The smallest absolute Gasteiger partial charge is 0.412 e. The van der Waals surface area contributed by atoms with Gasteiger partial charge in [0.1, 0.15) is 11.6 Å². The van der Waals surface area contributed by atoms with Crippen molar-refractivity contribution in [3.8, 4) is 16.9 Å². The maximum absolute atomic E-state index is 14.6. The number of nitrogens with one attached hydrogen (secondary N) is 1. The molecule has 0 bridgehead atoms. The van der Waals surface area contributed by atoms with E-state index in [9.17, 15) is 14.0 Å². The molecule has 1 amide bonds. The van der Waals surface area contributed by atoms with E-state index in [0.29, 0.717) is 22.4 Å². The second-order valence-corrected chi connectivity index (χ2v) is 6.32. The largest absolute Gasteiger partial charge is 0.469 e. The molecule has 0 aliphatic heterocycles. The van der Waals surface area contributed by atoms with E-state index in [1.807, 2.05) is 0 Å². The van der Waals surface area contributed by atoms with Crippen LogP contribution in [0.2, 0.25) is 0 Å². The van der Waals surface area contributed by atoms with E-state index < -0.39 is 23.8 Å². The lowest BCUT2D eigenvalue weighted by atomic mass is 9.97. The van der Waals surface area contributed by atoms with E-state index in [2.05, 4.69) is 10.1 Å². The van der Waals surface area contributed by atoms with Crippen LogP contribution in [-0.4, -0.2) is 25.2 Å². The van der Waals surface area contributed by atoms with Crippen molar-refractivity contribution in [3.63, 3.8) is 0 Å². The fourth-order valence-corrected chi connectivity index (χ4v) is 2.61. The van der Waals surface area contributed by atoms with Gasteiger partial charge in [0.25, 0.3) is 0 Å². The second-order valence-electron chi connectivity index (χ2n) is 6.32. The number of benzene rings is 2. The summed E-state index contributed by atoms with van der Waals surface area (Å²) in [5.41, 5.74) is 1.48. The summed E-state index contributed by atoms with van der Waals surface area (Å²) in [4.78, 5) is 23.3. The van der Waals surface area contributed by atoms with Crippen LogP contribution in [0.15, 0.2) is 42.5 Å². The Hall–Kier alpha value is -2.89. The van der Waals surface area contributed by atoms with Crippen LogP contribution in [-0.2, 0) is 9.53 Å². The van der Waals surface area contributed by atoms with Gasteiger partial charge >= 0.3 is 12.1 Å². The Morgan fingerprint density at radius 3 is 2.62 bits per heavy atom. The minimum absolute atomic E-state index is 0.201. The maximum Gasteiger partial charge on any atom is 0.412 e. The van der Waals surface area contributed by atoms with Gasteiger partial charge in [-0.05, 0) is 49.1 Å². The summed E-state index contributed by atoms with van der Waals surface area (Å²) >= 11 is 0. The molecule has 1 atom stereocenters. The lowest BCUT2D eigenvalue weighted by molar-refractivity contribution is -0.141. The van der Waals surface area contributed by atoms with Crippen LogP contribution < -0.4 is 10.1 Å². The van der Waals surface area contributed by atoms with Gasteiger partial charge in [-0.25, -0.2) is 9.18 Å². The van der Waals surface area contributed by atoms with Crippen LogP contribution in [0.5, 0.6) is 5.75 Å². The third-order valence-electron chi connectivity index (χ3n) is 4.30. The number of carbonyl (C=O) groups excluding carboxylic acids is 2. The van der Waals surface area contributed by atoms with Crippen molar-refractivity contribution < 1.29 is 23.5 Å². The number of carbonyl (C=O) groups is 2. The van der Waals surface area contributed by atoms with Gasteiger partial charge in [0.15, 0.2) is 0 Å². The molecule has 3 rings (SSSR count). The van der Waals surface area contributed by atoms with Gasteiger partial charge in [0, 0.05) is 11.6 Å². The molecule has 0 aromatic heterocycles. The molecule has 0 saturated heterocycles. The number of esters is 1. The molecule has 1 aliphatic carbocycles. The summed E-state index contributed by atoms with van der Waals surface area (Å²) in [5, 5.41) is 2.73. The summed E-state index contributed by atoms with van der Waals surface area (Å²) in [6.45, 7) is 1.66. The SMILES string of the molecule is COC(=O)C(C)c1ccc(-c2cccc(OC(=O)NC3CC3)c2)c(F)c1. The van der Waals surface area contributed by atoms with Crippen molar-refractivity contribution in [1.82, 2.24) is 5.32 Å². The molecule has 1 N–H and O–H groups in total. The minimum Gasteiger partial charge on any atom is -0.469 e. The Labute approximate surface area is 151 Å². The van der Waals surface area contributed by atoms with E-state index in [-0.39, 0.29) is 6.04 Å². The van der Waals surface area contributed by atoms with Gasteiger partial charge in [-0.2, -0.15) is 0 Å². The van der Waals surface area contributed by atoms with Crippen LogP contribution in [0.1, 0.15) is 31.2 Å². The minimum atomic E-state index is -0.552. The molecule has 6 heteroatoms. The van der Waals surface area contributed by atoms with Gasteiger partial charge < -0.3 is 14.8 Å². The zero-order chi connectivity index (χ0) is 18.7. The first-order valence-corrected chi connectivity index (χ1v) is 8.44. The van der Waals surface area contributed by atoms with Gasteiger partial charge in [-0.1, -0.05) is 24.3 Å². The molecule has 1 fully saturated rings. The zero-order valence-electron chi connectivity index (χ0n) is 14.6. The maximum atomic E-state index is 14.6. The van der Waals surface area contributed by atoms with Gasteiger partial charge in [-0.15, -0.1) is 0 Å². The van der Waals surface area contributed by atoms with E-state index in [1.54, 1.807) is 43.3 Å². The van der Waals surface area contributed by atoms with Crippen LogP contribution in [0.3, 0.4) is 0 Å². The summed E-state index contributed by atoms with van der Waals surface area (Å²) in [6, 6.07) is 11.5. The van der Waals surface area contributed by atoms with Crippen LogP contribution >= 0.6 is 0 Å². The van der Waals surface area contributed by atoms with Gasteiger partial charge in [0.05, 0.1) is 13.0 Å². The summed E-state index contributed by atoms with van der Waals surface area (Å²) < 4.78 is 24.5. The van der Waals surface area contributed by atoms with Crippen molar-refractivity contribution in [3.05, 3.63) is 53.8 Å². The summed E-state index contributed by atoms with van der Waals surface area (Å²) in [5.74, 6) is -1.09. The van der Waals surface area contributed by atoms with E-state index in [0.717, 1.165) is 12.8 Å². The highest BCUT2D eigenvalue weighted by Crippen LogP contribution is 2.29. The number of methoxy groups -OCH3 is 1. The molecule has 2 aromatic carbocycles. The molecule has 26 heavy (non-hydrogen) atoms. The highest BCUT2D eigenvalue weighted by Gasteiger charge is 2.24. The monoisotopic (exact) mass is 357 g/mol.